The third-order valence-corrected chi connectivity index (χ3v) is 3.37. The van der Waals surface area contributed by atoms with Gasteiger partial charge in [-0.3, -0.25) is 9.59 Å². The maximum absolute atomic E-state index is 11.9. The van der Waals surface area contributed by atoms with Crippen molar-refractivity contribution in [3.8, 4) is 0 Å². The van der Waals surface area contributed by atoms with Crippen molar-refractivity contribution in [1.82, 2.24) is 10.2 Å². The number of nitrogens with zero attached hydrogens (tertiary/aromatic N) is 1. The van der Waals surface area contributed by atoms with Crippen LogP contribution in [0.2, 0.25) is 0 Å². The largest absolute Gasteiger partial charge is 0.353 e. The van der Waals surface area contributed by atoms with Crippen molar-refractivity contribution in [1.29, 1.82) is 0 Å². The third kappa shape index (κ3) is 2.74. The second kappa shape index (κ2) is 4.85. The summed E-state index contributed by atoms with van der Waals surface area (Å²) in [6.45, 7) is 3.31. The fraction of sp³-hybridized carbons (Fsp3) is 0.833. The Hall–Kier alpha value is -1.06. The number of carbonyl (C=O) groups is 2. The molecule has 0 radical (unpaired) electrons. The van der Waals surface area contributed by atoms with E-state index in [4.69, 9.17) is 0 Å². The van der Waals surface area contributed by atoms with Gasteiger partial charge in [-0.2, -0.15) is 0 Å². The van der Waals surface area contributed by atoms with Crippen LogP contribution < -0.4 is 5.32 Å². The quantitative estimate of drug-likeness (QED) is 0.774. The fourth-order valence-electron chi connectivity index (χ4n) is 2.19. The topological polar surface area (TPSA) is 49.4 Å². The van der Waals surface area contributed by atoms with E-state index in [0.29, 0.717) is 19.0 Å². The van der Waals surface area contributed by atoms with Crippen LogP contribution in [0.4, 0.5) is 0 Å². The van der Waals surface area contributed by atoms with Crippen LogP contribution in [0.1, 0.15) is 39.0 Å². The molecule has 1 aliphatic carbocycles. The van der Waals surface area contributed by atoms with Gasteiger partial charge in [0, 0.05) is 25.6 Å². The summed E-state index contributed by atoms with van der Waals surface area (Å²) < 4.78 is 0. The highest BCUT2D eigenvalue weighted by Crippen LogP contribution is 2.22. The molecule has 2 fully saturated rings. The lowest BCUT2D eigenvalue weighted by Crippen LogP contribution is -2.45. The lowest BCUT2D eigenvalue weighted by atomic mass is 9.97. The van der Waals surface area contributed by atoms with Crippen molar-refractivity contribution in [3.05, 3.63) is 0 Å². The highest BCUT2D eigenvalue weighted by atomic mass is 16.2. The van der Waals surface area contributed by atoms with Gasteiger partial charge in [-0.25, -0.2) is 0 Å². The lowest BCUT2D eigenvalue weighted by Gasteiger charge is -2.31. The summed E-state index contributed by atoms with van der Waals surface area (Å²) in [6, 6.07) is 0.421. The van der Waals surface area contributed by atoms with Crippen LogP contribution >= 0.6 is 0 Å². The molecule has 1 heterocycles. The van der Waals surface area contributed by atoms with E-state index in [1.54, 1.807) is 0 Å². The fourth-order valence-corrected chi connectivity index (χ4v) is 2.19. The van der Waals surface area contributed by atoms with Crippen LogP contribution in [-0.2, 0) is 9.59 Å². The highest BCUT2D eigenvalue weighted by molar-refractivity contribution is 5.81. The summed E-state index contributed by atoms with van der Waals surface area (Å²) in [6.07, 6.45) is 4.66. The van der Waals surface area contributed by atoms with E-state index in [1.165, 1.54) is 0 Å². The van der Waals surface area contributed by atoms with Crippen molar-refractivity contribution in [2.45, 2.75) is 45.1 Å². The number of hydrogen-bond acceptors (Lipinski definition) is 2. The van der Waals surface area contributed by atoms with Gasteiger partial charge in [0.25, 0.3) is 0 Å². The van der Waals surface area contributed by atoms with Crippen LogP contribution in [0.25, 0.3) is 0 Å². The van der Waals surface area contributed by atoms with E-state index in [9.17, 15) is 9.59 Å². The summed E-state index contributed by atoms with van der Waals surface area (Å²) in [7, 11) is 0. The molecule has 4 heteroatoms. The van der Waals surface area contributed by atoms with E-state index in [1.807, 2.05) is 11.8 Å². The van der Waals surface area contributed by atoms with Crippen LogP contribution in [0.5, 0.6) is 0 Å². The Morgan fingerprint density at radius 1 is 1.31 bits per heavy atom. The standard InChI is InChI=1S/C12H20N2O2/c1-2-11(15)14-7-3-4-9(8-14)12(16)13-10-5-6-10/h9-10H,2-8H2,1H3,(H,13,16)/t9-/m1/s1. The molecular formula is C12H20N2O2. The highest BCUT2D eigenvalue weighted by Gasteiger charge is 2.31. The van der Waals surface area contributed by atoms with Gasteiger partial charge in [0.05, 0.1) is 5.92 Å². The van der Waals surface area contributed by atoms with Gasteiger partial charge >= 0.3 is 0 Å². The summed E-state index contributed by atoms with van der Waals surface area (Å²) in [5.74, 6) is 0.338. The zero-order valence-electron chi connectivity index (χ0n) is 9.87. The van der Waals surface area contributed by atoms with E-state index >= 15 is 0 Å². The molecule has 0 spiro atoms. The maximum Gasteiger partial charge on any atom is 0.225 e. The molecule has 1 N–H and O–H groups in total. The molecule has 2 aliphatic rings. The van der Waals surface area contributed by atoms with Gasteiger partial charge in [-0.15, -0.1) is 0 Å². The molecule has 0 aromatic carbocycles. The molecule has 16 heavy (non-hydrogen) atoms. The molecule has 0 aromatic rings. The van der Waals surface area contributed by atoms with E-state index in [-0.39, 0.29) is 17.7 Å². The SMILES string of the molecule is CCC(=O)N1CCC[C@@H](C(=O)NC2CC2)C1. The van der Waals surface area contributed by atoms with E-state index in [0.717, 1.165) is 32.2 Å². The van der Waals surface area contributed by atoms with Crippen molar-refractivity contribution in [2.24, 2.45) is 5.92 Å². The average molecular weight is 224 g/mol. The summed E-state index contributed by atoms with van der Waals surface area (Å²) >= 11 is 0. The minimum absolute atomic E-state index is 0.0184. The van der Waals surface area contributed by atoms with Gasteiger partial charge in [0.1, 0.15) is 0 Å². The van der Waals surface area contributed by atoms with Crippen LogP contribution in [0.3, 0.4) is 0 Å². The van der Waals surface area contributed by atoms with Gasteiger partial charge < -0.3 is 10.2 Å². The first-order valence-electron chi connectivity index (χ1n) is 6.29. The number of likely N-dealkylation sites (tertiary alicyclic amines) is 1. The minimum Gasteiger partial charge on any atom is -0.353 e. The first-order valence-corrected chi connectivity index (χ1v) is 6.29. The zero-order chi connectivity index (χ0) is 11.5. The van der Waals surface area contributed by atoms with Crippen molar-refractivity contribution in [3.63, 3.8) is 0 Å². The van der Waals surface area contributed by atoms with Crippen LogP contribution in [0, 0.1) is 5.92 Å². The Labute approximate surface area is 96.4 Å². The number of piperidine rings is 1. The third-order valence-electron chi connectivity index (χ3n) is 3.37. The molecule has 0 bridgehead atoms. The van der Waals surface area contributed by atoms with Gasteiger partial charge in [0.2, 0.25) is 11.8 Å². The van der Waals surface area contributed by atoms with Crippen LogP contribution in [0.15, 0.2) is 0 Å². The van der Waals surface area contributed by atoms with Crippen molar-refractivity contribution in [2.75, 3.05) is 13.1 Å². The molecule has 1 aliphatic heterocycles. The Balaban J connectivity index is 1.85. The van der Waals surface area contributed by atoms with Gasteiger partial charge in [0.15, 0.2) is 0 Å². The van der Waals surface area contributed by atoms with Crippen molar-refractivity contribution < 1.29 is 9.59 Å². The lowest BCUT2D eigenvalue weighted by molar-refractivity contribution is -0.135. The first-order chi connectivity index (χ1) is 7.70. The molecular weight excluding hydrogens is 204 g/mol. The molecule has 1 saturated heterocycles. The minimum atomic E-state index is 0.0184. The Morgan fingerprint density at radius 2 is 2.06 bits per heavy atom. The Bertz CT molecular complexity index is 287. The van der Waals surface area contributed by atoms with Gasteiger partial charge in [-0.05, 0) is 25.7 Å². The molecule has 0 unspecified atom stereocenters. The molecule has 90 valence electrons. The Morgan fingerprint density at radius 3 is 2.69 bits per heavy atom. The molecule has 1 atom stereocenters. The second-order valence-corrected chi connectivity index (χ2v) is 4.82. The number of hydrogen-bond donors (Lipinski definition) is 1. The van der Waals surface area contributed by atoms with Crippen molar-refractivity contribution >= 4 is 11.8 Å². The maximum atomic E-state index is 11.9. The number of rotatable bonds is 3. The predicted molar refractivity (Wildman–Crippen MR) is 60.8 cm³/mol. The first kappa shape index (κ1) is 11.4. The van der Waals surface area contributed by atoms with E-state index < -0.39 is 0 Å². The molecule has 1 saturated carbocycles. The molecule has 2 amide bonds. The molecule has 2 rings (SSSR count). The van der Waals surface area contributed by atoms with E-state index in [2.05, 4.69) is 5.32 Å². The summed E-state index contributed by atoms with van der Waals surface area (Å²) in [5, 5.41) is 3.02. The number of carbonyl (C=O) groups excluding carboxylic acids is 2. The molecule has 0 aromatic heterocycles. The summed E-state index contributed by atoms with van der Waals surface area (Å²) in [4.78, 5) is 25.3. The van der Waals surface area contributed by atoms with Crippen LogP contribution in [-0.4, -0.2) is 35.8 Å². The average Bonchev–Trinajstić information content (AvgIpc) is 3.12. The zero-order valence-corrected chi connectivity index (χ0v) is 9.87. The Kier molecular flexibility index (Phi) is 3.46. The normalized spacial score (nSPS) is 25.3. The van der Waals surface area contributed by atoms with Gasteiger partial charge in [-0.1, -0.05) is 6.92 Å². The number of nitrogens with one attached hydrogen (secondary N) is 1. The smallest absolute Gasteiger partial charge is 0.225 e. The summed E-state index contributed by atoms with van der Waals surface area (Å²) in [5.41, 5.74) is 0. The number of amides is 2. The second-order valence-electron chi connectivity index (χ2n) is 4.82. The molecule has 4 nitrogen and oxygen atoms in total. The predicted octanol–water partition coefficient (Wildman–Crippen LogP) is 0.914. The monoisotopic (exact) mass is 224 g/mol.